The molecule has 2 aromatic rings. The van der Waals surface area contributed by atoms with Gasteiger partial charge in [0, 0.05) is 17.0 Å². The molecule has 26 heavy (non-hydrogen) atoms. The van der Waals surface area contributed by atoms with Crippen LogP contribution in [0.2, 0.25) is 0 Å². The molecule has 1 aliphatic rings. The van der Waals surface area contributed by atoms with Crippen molar-refractivity contribution in [2.24, 2.45) is 5.92 Å². The second-order valence-electron chi connectivity index (χ2n) is 7.07. The van der Waals surface area contributed by atoms with E-state index in [0.717, 1.165) is 29.2 Å². The smallest absolute Gasteiger partial charge is 0.288 e. The van der Waals surface area contributed by atoms with Crippen molar-refractivity contribution < 1.29 is 0 Å². The molecular weight excluding hydrogens is 344 g/mol. The van der Waals surface area contributed by atoms with Crippen LogP contribution in [0.15, 0.2) is 49.9 Å². The molecule has 4 nitrogen and oxygen atoms in total. The van der Waals surface area contributed by atoms with Gasteiger partial charge in [0.2, 0.25) is 0 Å². The van der Waals surface area contributed by atoms with Crippen molar-refractivity contribution in [1.82, 2.24) is 9.55 Å². The van der Waals surface area contributed by atoms with Crippen molar-refractivity contribution in [3.05, 3.63) is 67.9 Å². The molecule has 138 valence electrons. The average molecular weight is 371 g/mol. The average Bonchev–Trinajstić information content (AvgIpc) is 3.07. The lowest BCUT2D eigenvalue weighted by atomic mass is 10.0. The normalized spacial score (nSPS) is 14.3. The fraction of sp³-hybridized carbons (Fsp3) is 0.429. The first-order chi connectivity index (χ1) is 12.5. The first-order valence-corrected chi connectivity index (χ1v) is 10.1. The van der Waals surface area contributed by atoms with Crippen LogP contribution in [0.1, 0.15) is 42.9 Å². The van der Waals surface area contributed by atoms with E-state index in [-0.39, 0.29) is 11.2 Å². The molecule has 0 saturated heterocycles. The third kappa shape index (κ3) is 4.21. The first kappa shape index (κ1) is 18.8. The summed E-state index contributed by atoms with van der Waals surface area (Å²) in [5.41, 5.74) is 2.49. The number of aromatic amines is 1. The Hall–Kier alpha value is -2.01. The summed E-state index contributed by atoms with van der Waals surface area (Å²) in [6.45, 7) is 6.74. The summed E-state index contributed by atoms with van der Waals surface area (Å²) in [5, 5.41) is 0.789. The monoisotopic (exact) mass is 370 g/mol. The number of aryl methyl sites for hydroxylation is 2. The molecule has 0 fully saturated rings. The van der Waals surface area contributed by atoms with Gasteiger partial charge in [-0.15, -0.1) is 0 Å². The molecule has 0 amide bonds. The summed E-state index contributed by atoms with van der Waals surface area (Å²) in [6, 6.07) is 6.34. The van der Waals surface area contributed by atoms with E-state index in [1.165, 1.54) is 22.9 Å². The Kier molecular flexibility index (Phi) is 5.87. The Bertz CT molecular complexity index is 912. The van der Waals surface area contributed by atoms with E-state index in [1.54, 1.807) is 4.57 Å². The number of H-pyrrole nitrogens is 1. The van der Waals surface area contributed by atoms with Crippen LogP contribution in [0.3, 0.4) is 0 Å². The Morgan fingerprint density at radius 1 is 1.12 bits per heavy atom. The van der Waals surface area contributed by atoms with E-state index in [9.17, 15) is 9.59 Å². The van der Waals surface area contributed by atoms with Crippen LogP contribution in [0, 0.1) is 19.8 Å². The van der Waals surface area contributed by atoms with Gasteiger partial charge in [0.25, 0.3) is 5.56 Å². The van der Waals surface area contributed by atoms with Crippen molar-refractivity contribution in [3.63, 3.8) is 0 Å². The van der Waals surface area contributed by atoms with Crippen molar-refractivity contribution in [2.45, 2.75) is 62.9 Å². The topological polar surface area (TPSA) is 54.9 Å². The van der Waals surface area contributed by atoms with Gasteiger partial charge in [-0.05, 0) is 68.7 Å². The summed E-state index contributed by atoms with van der Waals surface area (Å²) in [4.78, 5) is 28.4. The summed E-state index contributed by atoms with van der Waals surface area (Å²) in [7, 11) is 0. The Balaban J connectivity index is 1.99. The van der Waals surface area contributed by atoms with Gasteiger partial charge < -0.3 is 0 Å². The third-order valence-electron chi connectivity index (χ3n) is 4.87. The van der Waals surface area contributed by atoms with Gasteiger partial charge in [-0.25, -0.2) is 4.79 Å². The van der Waals surface area contributed by atoms with Crippen LogP contribution < -0.4 is 11.2 Å². The number of aromatic nitrogens is 2. The molecule has 0 aliphatic heterocycles. The quantitative estimate of drug-likeness (QED) is 0.612. The van der Waals surface area contributed by atoms with E-state index in [4.69, 9.17) is 0 Å². The van der Waals surface area contributed by atoms with Crippen LogP contribution in [0.5, 0.6) is 0 Å². The van der Waals surface area contributed by atoms with E-state index in [1.807, 2.05) is 6.92 Å². The molecule has 1 heterocycles. The molecule has 5 heteroatoms. The van der Waals surface area contributed by atoms with Crippen LogP contribution in [-0.4, -0.2) is 9.55 Å². The van der Waals surface area contributed by atoms with E-state index in [0.29, 0.717) is 24.4 Å². The molecule has 0 atom stereocenters. The lowest BCUT2D eigenvalue weighted by Crippen LogP contribution is -2.34. The number of hydrogen-bond donors (Lipinski definition) is 1. The van der Waals surface area contributed by atoms with Crippen molar-refractivity contribution >= 4 is 11.8 Å². The van der Waals surface area contributed by atoms with E-state index < -0.39 is 0 Å². The highest BCUT2D eigenvalue weighted by Gasteiger charge is 2.17. The number of hydrogen-bond acceptors (Lipinski definition) is 3. The SMILES string of the molecule is CCc1c(Sc2cc(C)cc(C)c2)n(CCC2CC=CC2)c(=O)[nH]c1=O. The number of nitrogens with zero attached hydrogens (tertiary/aromatic N) is 1. The fourth-order valence-electron chi connectivity index (χ4n) is 3.55. The van der Waals surface area contributed by atoms with Crippen LogP contribution in [-0.2, 0) is 13.0 Å². The van der Waals surface area contributed by atoms with Crippen molar-refractivity contribution in [3.8, 4) is 0 Å². The molecule has 0 bridgehead atoms. The minimum absolute atomic E-state index is 0.261. The van der Waals surface area contributed by atoms with Crippen molar-refractivity contribution in [1.29, 1.82) is 0 Å². The maximum absolute atomic E-state index is 12.5. The molecular formula is C21H26N2O2S. The summed E-state index contributed by atoms with van der Waals surface area (Å²) >= 11 is 1.53. The first-order valence-electron chi connectivity index (χ1n) is 9.25. The summed E-state index contributed by atoms with van der Waals surface area (Å²) in [5.74, 6) is 0.595. The van der Waals surface area contributed by atoms with Crippen molar-refractivity contribution in [2.75, 3.05) is 0 Å². The highest BCUT2D eigenvalue weighted by Crippen LogP contribution is 2.31. The second kappa shape index (κ2) is 8.12. The zero-order valence-corrected chi connectivity index (χ0v) is 16.5. The van der Waals surface area contributed by atoms with Gasteiger partial charge >= 0.3 is 5.69 Å². The number of rotatable bonds is 6. The van der Waals surface area contributed by atoms with Gasteiger partial charge in [0.15, 0.2) is 0 Å². The fourth-order valence-corrected chi connectivity index (χ4v) is 4.91. The lowest BCUT2D eigenvalue weighted by Gasteiger charge is -2.17. The number of benzene rings is 1. The number of nitrogens with one attached hydrogen (secondary N) is 1. The molecule has 1 aromatic carbocycles. The molecule has 1 aliphatic carbocycles. The van der Waals surface area contributed by atoms with Gasteiger partial charge in [0.1, 0.15) is 0 Å². The van der Waals surface area contributed by atoms with E-state index >= 15 is 0 Å². The standard InChI is InChI=1S/C21H26N2O2S/c1-4-18-19(24)22-21(25)23(10-9-16-7-5-6-8-16)20(18)26-17-12-14(2)11-15(3)13-17/h5-6,11-13,16H,4,7-10H2,1-3H3,(H,22,24,25). The molecule has 1 N–H and O–H groups in total. The highest BCUT2D eigenvalue weighted by atomic mass is 32.2. The van der Waals surface area contributed by atoms with Crippen LogP contribution in [0.25, 0.3) is 0 Å². The zero-order chi connectivity index (χ0) is 18.7. The highest BCUT2D eigenvalue weighted by molar-refractivity contribution is 7.99. The van der Waals surface area contributed by atoms with Gasteiger partial charge in [-0.2, -0.15) is 0 Å². The van der Waals surface area contributed by atoms with E-state index in [2.05, 4.69) is 49.2 Å². The molecule has 1 aromatic heterocycles. The zero-order valence-electron chi connectivity index (χ0n) is 15.7. The van der Waals surface area contributed by atoms with Crippen LogP contribution >= 0.6 is 11.8 Å². The molecule has 0 radical (unpaired) electrons. The van der Waals surface area contributed by atoms with Gasteiger partial charge in [0.05, 0.1) is 5.03 Å². The Morgan fingerprint density at radius 3 is 2.38 bits per heavy atom. The maximum atomic E-state index is 12.5. The Morgan fingerprint density at radius 2 is 1.77 bits per heavy atom. The minimum atomic E-state index is -0.301. The molecule has 3 rings (SSSR count). The minimum Gasteiger partial charge on any atom is -0.288 e. The molecule has 0 unspecified atom stereocenters. The predicted molar refractivity (Wildman–Crippen MR) is 107 cm³/mol. The van der Waals surface area contributed by atoms with Gasteiger partial charge in [-0.1, -0.05) is 36.9 Å². The summed E-state index contributed by atoms with van der Waals surface area (Å²) < 4.78 is 1.76. The molecule has 0 spiro atoms. The Labute approximate surface area is 158 Å². The third-order valence-corrected chi connectivity index (χ3v) is 6.00. The predicted octanol–water partition coefficient (Wildman–Crippen LogP) is 4.22. The van der Waals surface area contributed by atoms with Gasteiger partial charge in [-0.3, -0.25) is 14.3 Å². The molecule has 0 saturated carbocycles. The lowest BCUT2D eigenvalue weighted by molar-refractivity contribution is 0.442. The maximum Gasteiger partial charge on any atom is 0.329 e. The summed E-state index contributed by atoms with van der Waals surface area (Å²) in [6.07, 6.45) is 8.14. The van der Waals surface area contributed by atoms with Crippen LogP contribution in [0.4, 0.5) is 0 Å². The second-order valence-corrected chi connectivity index (χ2v) is 8.13. The largest absolute Gasteiger partial charge is 0.329 e. The number of allylic oxidation sites excluding steroid dienone is 2.